The van der Waals surface area contributed by atoms with Gasteiger partial charge in [-0.05, 0) is 25.3 Å². The van der Waals surface area contributed by atoms with E-state index in [0.717, 1.165) is 24.7 Å². The minimum Gasteiger partial charge on any atom is -0.334 e. The van der Waals surface area contributed by atoms with E-state index < -0.39 is 0 Å². The fourth-order valence-corrected chi connectivity index (χ4v) is 2.35. The van der Waals surface area contributed by atoms with E-state index in [-0.39, 0.29) is 5.91 Å². The number of carbonyl (C=O) groups is 1. The molecule has 0 radical (unpaired) electrons. The second-order valence-electron chi connectivity index (χ2n) is 4.11. The van der Waals surface area contributed by atoms with E-state index >= 15 is 0 Å². The zero-order chi connectivity index (χ0) is 11.5. The highest BCUT2D eigenvalue weighted by atomic mass is 79.9. The van der Waals surface area contributed by atoms with E-state index in [1.165, 1.54) is 6.42 Å². The molecular weight excluding hydrogens is 270 g/mol. The SMILES string of the molecule is Cn1nccc1C(=O)N(CCBr)C1CCC1. The average Bonchev–Trinajstić information content (AvgIpc) is 2.60. The first-order valence-electron chi connectivity index (χ1n) is 5.59. The van der Waals surface area contributed by atoms with E-state index in [1.807, 2.05) is 4.90 Å². The lowest BCUT2D eigenvalue weighted by Crippen LogP contribution is -2.45. The number of nitrogens with zero attached hydrogens (tertiary/aromatic N) is 3. The average molecular weight is 286 g/mol. The number of aryl methyl sites for hydroxylation is 1. The third kappa shape index (κ3) is 2.14. The number of hydrogen-bond acceptors (Lipinski definition) is 2. The molecule has 0 aliphatic heterocycles. The summed E-state index contributed by atoms with van der Waals surface area (Å²) in [5.74, 6) is 0.101. The Morgan fingerprint density at radius 3 is 2.88 bits per heavy atom. The van der Waals surface area contributed by atoms with E-state index in [9.17, 15) is 4.79 Å². The number of hydrogen-bond donors (Lipinski definition) is 0. The molecule has 1 fully saturated rings. The van der Waals surface area contributed by atoms with Gasteiger partial charge in [-0.25, -0.2) is 0 Å². The Hall–Kier alpha value is -0.840. The summed E-state index contributed by atoms with van der Waals surface area (Å²) in [7, 11) is 1.81. The monoisotopic (exact) mass is 285 g/mol. The van der Waals surface area contributed by atoms with Crippen LogP contribution in [0, 0.1) is 0 Å². The topological polar surface area (TPSA) is 38.1 Å². The van der Waals surface area contributed by atoms with Crippen LogP contribution in [0.4, 0.5) is 0 Å². The van der Waals surface area contributed by atoms with Gasteiger partial charge in [0.05, 0.1) is 0 Å². The first-order chi connectivity index (χ1) is 7.74. The predicted octanol–water partition coefficient (Wildman–Crippen LogP) is 1.81. The summed E-state index contributed by atoms with van der Waals surface area (Å²) in [6, 6.07) is 2.21. The van der Waals surface area contributed by atoms with Crippen LogP contribution in [0.2, 0.25) is 0 Å². The Labute approximate surface area is 104 Å². The summed E-state index contributed by atoms with van der Waals surface area (Å²) in [5, 5.41) is 4.87. The summed E-state index contributed by atoms with van der Waals surface area (Å²) < 4.78 is 1.64. The Morgan fingerprint density at radius 1 is 1.69 bits per heavy atom. The molecule has 1 aromatic rings. The summed E-state index contributed by atoms with van der Waals surface area (Å²) in [6.45, 7) is 0.773. The molecule has 0 spiro atoms. The summed E-state index contributed by atoms with van der Waals surface area (Å²) in [5.41, 5.74) is 0.674. The standard InChI is InChI=1S/C11H16BrN3O/c1-14-10(5-7-13-14)11(16)15(8-6-12)9-3-2-4-9/h5,7,9H,2-4,6,8H2,1H3. The van der Waals surface area contributed by atoms with Crippen LogP contribution in [-0.4, -0.2) is 38.5 Å². The molecule has 0 saturated heterocycles. The molecule has 0 N–H and O–H groups in total. The molecule has 4 nitrogen and oxygen atoms in total. The highest BCUT2D eigenvalue weighted by Crippen LogP contribution is 2.26. The third-order valence-corrected chi connectivity index (χ3v) is 3.50. The lowest BCUT2D eigenvalue weighted by atomic mass is 9.91. The minimum atomic E-state index is 0.101. The van der Waals surface area contributed by atoms with Crippen LogP contribution in [0.1, 0.15) is 29.8 Å². The number of amides is 1. The van der Waals surface area contributed by atoms with Crippen molar-refractivity contribution in [3.63, 3.8) is 0 Å². The van der Waals surface area contributed by atoms with Crippen LogP contribution in [0.25, 0.3) is 0 Å². The van der Waals surface area contributed by atoms with Gasteiger partial charge in [0.15, 0.2) is 0 Å². The van der Waals surface area contributed by atoms with E-state index in [4.69, 9.17) is 0 Å². The van der Waals surface area contributed by atoms with Gasteiger partial charge in [0.2, 0.25) is 0 Å². The van der Waals surface area contributed by atoms with Crippen LogP contribution < -0.4 is 0 Å². The van der Waals surface area contributed by atoms with Crippen LogP contribution in [0.5, 0.6) is 0 Å². The Kier molecular flexibility index (Phi) is 3.63. The van der Waals surface area contributed by atoms with Crippen molar-refractivity contribution in [3.05, 3.63) is 18.0 Å². The maximum absolute atomic E-state index is 12.3. The smallest absolute Gasteiger partial charge is 0.272 e. The number of rotatable bonds is 4. The second kappa shape index (κ2) is 4.99. The fourth-order valence-electron chi connectivity index (χ4n) is 1.97. The Bertz CT molecular complexity index is 373. The predicted molar refractivity (Wildman–Crippen MR) is 65.7 cm³/mol. The van der Waals surface area contributed by atoms with Gasteiger partial charge in [0, 0.05) is 31.2 Å². The maximum Gasteiger partial charge on any atom is 0.272 e. The Morgan fingerprint density at radius 2 is 2.44 bits per heavy atom. The summed E-state index contributed by atoms with van der Waals surface area (Å²) >= 11 is 3.41. The van der Waals surface area contributed by atoms with Gasteiger partial charge in [-0.2, -0.15) is 5.10 Å². The van der Waals surface area contributed by atoms with Gasteiger partial charge in [-0.3, -0.25) is 9.48 Å². The molecule has 0 bridgehead atoms. The van der Waals surface area contributed by atoms with E-state index in [0.29, 0.717) is 11.7 Å². The molecule has 1 saturated carbocycles. The molecule has 1 amide bonds. The van der Waals surface area contributed by atoms with Gasteiger partial charge in [-0.15, -0.1) is 0 Å². The molecule has 1 aliphatic rings. The molecule has 0 aromatic carbocycles. The van der Waals surface area contributed by atoms with E-state index in [1.54, 1.807) is 24.0 Å². The first kappa shape index (κ1) is 11.6. The molecule has 2 rings (SSSR count). The lowest BCUT2D eigenvalue weighted by Gasteiger charge is -2.37. The van der Waals surface area contributed by atoms with Gasteiger partial charge in [-0.1, -0.05) is 15.9 Å². The molecular formula is C11H16BrN3O. The second-order valence-corrected chi connectivity index (χ2v) is 4.91. The number of halogens is 1. The largest absolute Gasteiger partial charge is 0.334 e. The van der Waals surface area contributed by atoms with Crippen molar-refractivity contribution in [1.82, 2.24) is 14.7 Å². The molecule has 1 heterocycles. The maximum atomic E-state index is 12.3. The van der Waals surface area contributed by atoms with Crippen molar-refractivity contribution in [1.29, 1.82) is 0 Å². The van der Waals surface area contributed by atoms with Gasteiger partial charge < -0.3 is 4.90 Å². The fraction of sp³-hybridized carbons (Fsp3) is 0.636. The van der Waals surface area contributed by atoms with Crippen molar-refractivity contribution in [2.24, 2.45) is 7.05 Å². The molecule has 5 heteroatoms. The summed E-state index contributed by atoms with van der Waals surface area (Å²) in [6.07, 6.45) is 5.18. The van der Waals surface area contributed by atoms with Gasteiger partial charge in [0.1, 0.15) is 5.69 Å². The minimum absolute atomic E-state index is 0.101. The molecule has 88 valence electrons. The molecule has 1 aliphatic carbocycles. The number of alkyl halides is 1. The quantitative estimate of drug-likeness (QED) is 0.792. The van der Waals surface area contributed by atoms with Crippen molar-refractivity contribution < 1.29 is 4.79 Å². The van der Waals surface area contributed by atoms with E-state index in [2.05, 4.69) is 21.0 Å². The zero-order valence-electron chi connectivity index (χ0n) is 9.40. The normalized spacial score (nSPS) is 15.9. The van der Waals surface area contributed by atoms with Crippen LogP contribution >= 0.6 is 15.9 Å². The summed E-state index contributed by atoms with van der Waals surface area (Å²) in [4.78, 5) is 14.3. The number of carbonyl (C=O) groups excluding carboxylic acids is 1. The highest BCUT2D eigenvalue weighted by molar-refractivity contribution is 9.09. The highest BCUT2D eigenvalue weighted by Gasteiger charge is 2.29. The van der Waals surface area contributed by atoms with Crippen molar-refractivity contribution in [3.8, 4) is 0 Å². The van der Waals surface area contributed by atoms with Crippen LogP contribution in [-0.2, 0) is 7.05 Å². The third-order valence-electron chi connectivity index (χ3n) is 3.14. The molecule has 16 heavy (non-hydrogen) atoms. The van der Waals surface area contributed by atoms with Crippen molar-refractivity contribution >= 4 is 21.8 Å². The molecule has 0 unspecified atom stereocenters. The number of aromatic nitrogens is 2. The van der Waals surface area contributed by atoms with Crippen molar-refractivity contribution in [2.75, 3.05) is 11.9 Å². The molecule has 0 atom stereocenters. The lowest BCUT2D eigenvalue weighted by molar-refractivity contribution is 0.0588. The van der Waals surface area contributed by atoms with Gasteiger partial charge >= 0.3 is 0 Å². The first-order valence-corrected chi connectivity index (χ1v) is 6.71. The van der Waals surface area contributed by atoms with Crippen molar-refractivity contribution in [2.45, 2.75) is 25.3 Å². The zero-order valence-corrected chi connectivity index (χ0v) is 11.0. The van der Waals surface area contributed by atoms with Gasteiger partial charge in [0.25, 0.3) is 5.91 Å². The molecule has 1 aromatic heterocycles. The Balaban J connectivity index is 2.13. The van der Waals surface area contributed by atoms with Crippen LogP contribution in [0.15, 0.2) is 12.3 Å². The van der Waals surface area contributed by atoms with Crippen LogP contribution in [0.3, 0.4) is 0 Å².